The number of benzene rings is 2. The van der Waals surface area contributed by atoms with Gasteiger partial charge in [-0.2, -0.15) is 0 Å². The Morgan fingerprint density at radius 3 is 2.30 bits per heavy atom. The maximum absolute atomic E-state index is 13.0. The number of nitrogens with zero attached hydrogens (tertiary/aromatic N) is 2. The van der Waals surface area contributed by atoms with E-state index in [1.165, 1.54) is 17.7 Å². The number of ether oxygens (including phenoxy) is 1. The van der Waals surface area contributed by atoms with Gasteiger partial charge in [-0.25, -0.2) is 4.39 Å². The first-order valence-corrected chi connectivity index (χ1v) is 11.0. The number of carbonyl (C=O) groups is 1. The van der Waals surface area contributed by atoms with Gasteiger partial charge in [-0.1, -0.05) is 30.3 Å². The van der Waals surface area contributed by atoms with Crippen LogP contribution in [-0.4, -0.2) is 60.6 Å². The average molecular weight is 413 g/mol. The van der Waals surface area contributed by atoms with Gasteiger partial charge in [-0.3, -0.25) is 9.69 Å². The monoisotopic (exact) mass is 412 g/mol. The number of halogens is 1. The van der Waals surface area contributed by atoms with Gasteiger partial charge in [0.25, 0.3) is 0 Å². The first-order chi connectivity index (χ1) is 14.5. The van der Waals surface area contributed by atoms with Crippen molar-refractivity contribution in [3.63, 3.8) is 0 Å². The van der Waals surface area contributed by atoms with Crippen molar-refractivity contribution in [2.75, 3.05) is 32.7 Å². The Hall–Kier alpha value is -2.08. The summed E-state index contributed by atoms with van der Waals surface area (Å²) in [5.41, 5.74) is 1.89. The molecule has 0 N–H and O–H groups in total. The SMILES string of the molecule is CC(C)OC(Cc1ccccc1)N1CCN(CCCC(=O)c2ccc(F)cc2)CC1. The van der Waals surface area contributed by atoms with Gasteiger partial charge < -0.3 is 9.64 Å². The molecule has 1 aliphatic heterocycles. The van der Waals surface area contributed by atoms with E-state index in [9.17, 15) is 9.18 Å². The summed E-state index contributed by atoms with van der Waals surface area (Å²) in [6, 6.07) is 16.3. The molecule has 0 amide bonds. The van der Waals surface area contributed by atoms with Gasteiger partial charge in [-0.05, 0) is 56.6 Å². The summed E-state index contributed by atoms with van der Waals surface area (Å²) in [7, 11) is 0. The molecule has 0 bridgehead atoms. The molecule has 1 saturated heterocycles. The summed E-state index contributed by atoms with van der Waals surface area (Å²) in [5.74, 6) is -0.224. The highest BCUT2D eigenvalue weighted by Crippen LogP contribution is 2.16. The van der Waals surface area contributed by atoms with Gasteiger partial charge in [0.2, 0.25) is 0 Å². The van der Waals surface area contributed by atoms with E-state index in [0.29, 0.717) is 12.0 Å². The normalized spacial score (nSPS) is 16.7. The Balaban J connectivity index is 1.43. The van der Waals surface area contributed by atoms with Crippen molar-refractivity contribution >= 4 is 5.78 Å². The van der Waals surface area contributed by atoms with E-state index in [1.807, 2.05) is 6.07 Å². The van der Waals surface area contributed by atoms with Crippen LogP contribution in [0.4, 0.5) is 4.39 Å². The zero-order valence-corrected chi connectivity index (χ0v) is 18.1. The third-order valence-corrected chi connectivity index (χ3v) is 5.54. The lowest BCUT2D eigenvalue weighted by Crippen LogP contribution is -2.52. The summed E-state index contributed by atoms with van der Waals surface area (Å²) in [4.78, 5) is 17.1. The maximum atomic E-state index is 13.0. The van der Waals surface area contributed by atoms with Gasteiger partial charge >= 0.3 is 0 Å². The van der Waals surface area contributed by atoms with Crippen LogP contribution in [-0.2, 0) is 11.2 Å². The quantitative estimate of drug-likeness (QED) is 0.542. The molecule has 0 aliphatic carbocycles. The minimum atomic E-state index is -0.309. The van der Waals surface area contributed by atoms with Crippen molar-refractivity contribution in [2.45, 2.75) is 45.4 Å². The van der Waals surface area contributed by atoms with E-state index in [2.05, 4.69) is 47.9 Å². The lowest BCUT2D eigenvalue weighted by molar-refractivity contribution is -0.1000. The summed E-state index contributed by atoms with van der Waals surface area (Å²) in [6.07, 6.45) is 2.50. The Labute approximate surface area is 179 Å². The molecule has 0 radical (unpaired) electrons. The molecule has 30 heavy (non-hydrogen) atoms. The molecule has 3 rings (SSSR count). The Morgan fingerprint density at radius 2 is 1.67 bits per heavy atom. The largest absolute Gasteiger partial charge is 0.360 e. The molecule has 162 valence electrons. The molecular weight excluding hydrogens is 379 g/mol. The number of hydrogen-bond acceptors (Lipinski definition) is 4. The van der Waals surface area contributed by atoms with Gasteiger partial charge in [0.15, 0.2) is 5.78 Å². The molecule has 0 aromatic heterocycles. The van der Waals surface area contributed by atoms with Crippen LogP contribution in [0.2, 0.25) is 0 Å². The number of ketones is 1. The molecule has 1 fully saturated rings. The second-order valence-electron chi connectivity index (χ2n) is 8.24. The smallest absolute Gasteiger partial charge is 0.162 e. The highest BCUT2D eigenvalue weighted by atomic mass is 19.1. The van der Waals surface area contributed by atoms with E-state index in [4.69, 9.17) is 4.74 Å². The third-order valence-electron chi connectivity index (χ3n) is 5.54. The second-order valence-corrected chi connectivity index (χ2v) is 8.24. The van der Waals surface area contributed by atoms with Crippen molar-refractivity contribution in [3.05, 3.63) is 71.5 Å². The summed E-state index contributed by atoms with van der Waals surface area (Å²) in [6.45, 7) is 9.00. The van der Waals surface area contributed by atoms with E-state index in [1.54, 1.807) is 12.1 Å². The van der Waals surface area contributed by atoms with Crippen LogP contribution in [0.3, 0.4) is 0 Å². The van der Waals surface area contributed by atoms with Crippen LogP contribution in [0.5, 0.6) is 0 Å². The minimum Gasteiger partial charge on any atom is -0.360 e. The molecule has 1 aliphatic rings. The standard InChI is InChI=1S/C25H33FN2O2/c1-20(2)30-25(19-21-7-4-3-5-8-21)28-17-15-27(16-18-28)14-6-9-24(29)22-10-12-23(26)13-11-22/h3-5,7-8,10-13,20,25H,6,9,14-19H2,1-2H3. The van der Waals surface area contributed by atoms with Crippen molar-refractivity contribution in [1.82, 2.24) is 9.80 Å². The van der Waals surface area contributed by atoms with Crippen molar-refractivity contribution in [3.8, 4) is 0 Å². The maximum Gasteiger partial charge on any atom is 0.162 e. The molecule has 1 unspecified atom stereocenters. The first-order valence-electron chi connectivity index (χ1n) is 11.0. The predicted octanol–water partition coefficient (Wildman–Crippen LogP) is 4.40. The fourth-order valence-electron chi connectivity index (χ4n) is 3.91. The highest BCUT2D eigenvalue weighted by molar-refractivity contribution is 5.95. The lowest BCUT2D eigenvalue weighted by Gasteiger charge is -2.39. The van der Waals surface area contributed by atoms with E-state index >= 15 is 0 Å². The molecule has 4 nitrogen and oxygen atoms in total. The number of carbonyl (C=O) groups excluding carboxylic acids is 1. The van der Waals surface area contributed by atoms with Crippen molar-refractivity contribution < 1.29 is 13.9 Å². The van der Waals surface area contributed by atoms with Crippen LogP contribution in [0.25, 0.3) is 0 Å². The fourth-order valence-corrected chi connectivity index (χ4v) is 3.91. The molecular formula is C25H33FN2O2. The average Bonchev–Trinajstić information content (AvgIpc) is 2.74. The van der Waals surface area contributed by atoms with Crippen LogP contribution in [0.15, 0.2) is 54.6 Å². The minimum absolute atomic E-state index is 0.0851. The third kappa shape index (κ3) is 7.01. The fraction of sp³-hybridized carbons (Fsp3) is 0.480. The zero-order valence-electron chi connectivity index (χ0n) is 18.1. The van der Waals surface area contributed by atoms with E-state index < -0.39 is 0 Å². The highest BCUT2D eigenvalue weighted by Gasteiger charge is 2.25. The number of piperazine rings is 1. The van der Waals surface area contributed by atoms with E-state index in [0.717, 1.165) is 45.6 Å². The molecule has 2 aromatic carbocycles. The number of rotatable bonds is 10. The molecule has 1 heterocycles. The van der Waals surface area contributed by atoms with Crippen molar-refractivity contribution in [2.24, 2.45) is 0 Å². The number of Topliss-reactive ketones (excluding diaryl/α,β-unsaturated/α-hetero) is 1. The van der Waals surface area contributed by atoms with Gasteiger partial charge in [0.05, 0.1) is 6.10 Å². The molecule has 5 heteroatoms. The second kappa shape index (κ2) is 11.3. The predicted molar refractivity (Wildman–Crippen MR) is 118 cm³/mol. The van der Waals surface area contributed by atoms with Gasteiger partial charge in [0.1, 0.15) is 12.0 Å². The van der Waals surface area contributed by atoms with Crippen LogP contribution in [0.1, 0.15) is 42.6 Å². The summed E-state index contributed by atoms with van der Waals surface area (Å²) in [5, 5.41) is 0. The zero-order chi connectivity index (χ0) is 21.3. The lowest BCUT2D eigenvalue weighted by atomic mass is 10.1. The Bertz CT molecular complexity index is 771. The Morgan fingerprint density at radius 1 is 1.00 bits per heavy atom. The summed E-state index contributed by atoms with van der Waals surface area (Å²) >= 11 is 0. The molecule has 2 aromatic rings. The first kappa shape index (κ1) is 22.6. The summed E-state index contributed by atoms with van der Waals surface area (Å²) < 4.78 is 19.2. The van der Waals surface area contributed by atoms with Crippen molar-refractivity contribution in [1.29, 1.82) is 0 Å². The van der Waals surface area contributed by atoms with Crippen LogP contribution < -0.4 is 0 Å². The molecule has 0 saturated carbocycles. The molecule has 0 spiro atoms. The van der Waals surface area contributed by atoms with Crippen LogP contribution in [0, 0.1) is 5.82 Å². The number of hydrogen-bond donors (Lipinski definition) is 0. The van der Waals surface area contributed by atoms with Gasteiger partial charge in [-0.15, -0.1) is 0 Å². The Kier molecular flexibility index (Phi) is 8.55. The van der Waals surface area contributed by atoms with Gasteiger partial charge in [0, 0.05) is 44.6 Å². The topological polar surface area (TPSA) is 32.8 Å². The molecule has 1 atom stereocenters. The van der Waals surface area contributed by atoms with E-state index in [-0.39, 0.29) is 23.9 Å². The van der Waals surface area contributed by atoms with Crippen LogP contribution >= 0.6 is 0 Å².